The van der Waals surface area contributed by atoms with Gasteiger partial charge in [-0.15, -0.1) is 0 Å². The fourth-order valence-electron chi connectivity index (χ4n) is 3.95. The molecule has 1 atom stereocenters. The lowest BCUT2D eigenvalue weighted by molar-refractivity contribution is 0.0705. The summed E-state index contributed by atoms with van der Waals surface area (Å²) < 4.78 is 14.5. The molecule has 6 heteroatoms. The van der Waals surface area contributed by atoms with Gasteiger partial charge in [-0.2, -0.15) is 5.10 Å². The molecular formula is C19H23FN4O. The van der Waals surface area contributed by atoms with E-state index in [-0.39, 0.29) is 17.6 Å². The van der Waals surface area contributed by atoms with Crippen LogP contribution >= 0.6 is 0 Å². The Bertz CT molecular complexity index is 740. The van der Waals surface area contributed by atoms with Crippen molar-refractivity contribution in [2.45, 2.75) is 31.6 Å². The average molecular weight is 342 g/mol. The zero-order chi connectivity index (χ0) is 17.2. The molecule has 0 radical (unpaired) electrons. The normalized spacial score (nSPS) is 20.9. The maximum absolute atomic E-state index is 14.5. The molecular weight excluding hydrogens is 319 g/mol. The van der Waals surface area contributed by atoms with E-state index in [1.165, 1.54) is 6.07 Å². The molecule has 1 amide bonds. The number of H-pyrrole nitrogens is 1. The van der Waals surface area contributed by atoms with Crippen LogP contribution in [-0.2, 0) is 0 Å². The van der Waals surface area contributed by atoms with E-state index in [0.717, 1.165) is 51.0 Å². The number of carbonyl (C=O) groups is 1. The quantitative estimate of drug-likeness (QED) is 0.932. The Hall–Kier alpha value is -2.37. The highest BCUT2D eigenvalue weighted by atomic mass is 19.1. The third-order valence-electron chi connectivity index (χ3n) is 5.31. The Morgan fingerprint density at radius 3 is 2.72 bits per heavy atom. The fraction of sp³-hybridized carbons (Fsp3) is 0.474. The second-order valence-electron chi connectivity index (χ2n) is 6.96. The van der Waals surface area contributed by atoms with Crippen LogP contribution in [0.3, 0.4) is 0 Å². The van der Waals surface area contributed by atoms with Gasteiger partial charge in [-0.25, -0.2) is 4.39 Å². The number of rotatable bonds is 3. The first-order valence-corrected chi connectivity index (χ1v) is 9.05. The van der Waals surface area contributed by atoms with E-state index in [1.54, 1.807) is 18.3 Å². The van der Waals surface area contributed by atoms with Crippen LogP contribution in [0.5, 0.6) is 0 Å². The number of hydrogen-bond donors (Lipinski definition) is 1. The van der Waals surface area contributed by atoms with Crippen molar-refractivity contribution in [1.29, 1.82) is 0 Å². The van der Waals surface area contributed by atoms with Crippen molar-refractivity contribution in [3.63, 3.8) is 0 Å². The topological polar surface area (TPSA) is 52.2 Å². The number of aromatic nitrogens is 2. The molecule has 1 N–H and O–H groups in total. The summed E-state index contributed by atoms with van der Waals surface area (Å²) in [6, 6.07) is 6.88. The number of likely N-dealkylation sites (tertiary alicyclic amines) is 1. The van der Waals surface area contributed by atoms with Gasteiger partial charge in [-0.1, -0.05) is 0 Å². The molecule has 0 aliphatic carbocycles. The summed E-state index contributed by atoms with van der Waals surface area (Å²) in [5.74, 6) is -0.111. The zero-order valence-corrected chi connectivity index (χ0v) is 14.2. The molecule has 0 unspecified atom stereocenters. The molecule has 0 bridgehead atoms. The second-order valence-corrected chi connectivity index (χ2v) is 6.96. The molecule has 1 aromatic carbocycles. The van der Waals surface area contributed by atoms with E-state index < -0.39 is 0 Å². The molecule has 3 heterocycles. The van der Waals surface area contributed by atoms with Crippen LogP contribution in [0, 0.1) is 5.82 Å². The van der Waals surface area contributed by atoms with Gasteiger partial charge in [0.25, 0.3) is 5.91 Å². The summed E-state index contributed by atoms with van der Waals surface area (Å²) >= 11 is 0. The summed E-state index contributed by atoms with van der Waals surface area (Å²) in [7, 11) is 0. The molecule has 4 rings (SSSR count). The molecule has 25 heavy (non-hydrogen) atoms. The lowest BCUT2D eigenvalue weighted by Gasteiger charge is -2.32. The van der Waals surface area contributed by atoms with E-state index in [4.69, 9.17) is 0 Å². The SMILES string of the molecule is O=C(c1ccc(N2CCCC2)c(F)c1)N1CCC[C@H](c2ccn[nH]2)C1. The van der Waals surface area contributed by atoms with Crippen molar-refractivity contribution in [1.82, 2.24) is 15.1 Å². The minimum atomic E-state index is -0.296. The Morgan fingerprint density at radius 2 is 2.00 bits per heavy atom. The largest absolute Gasteiger partial charge is 0.369 e. The van der Waals surface area contributed by atoms with Crippen molar-refractivity contribution in [3.8, 4) is 0 Å². The van der Waals surface area contributed by atoms with Crippen molar-refractivity contribution < 1.29 is 9.18 Å². The Kier molecular flexibility index (Phi) is 4.42. The highest BCUT2D eigenvalue weighted by Crippen LogP contribution is 2.28. The first kappa shape index (κ1) is 16.1. The highest BCUT2D eigenvalue weighted by Gasteiger charge is 2.27. The Balaban J connectivity index is 1.49. The molecule has 1 aromatic heterocycles. The number of nitrogens with one attached hydrogen (secondary N) is 1. The third-order valence-corrected chi connectivity index (χ3v) is 5.31. The van der Waals surface area contributed by atoms with Gasteiger partial charge >= 0.3 is 0 Å². The highest BCUT2D eigenvalue weighted by molar-refractivity contribution is 5.94. The molecule has 0 saturated carbocycles. The van der Waals surface area contributed by atoms with Crippen LogP contribution in [0.4, 0.5) is 10.1 Å². The lowest BCUT2D eigenvalue weighted by atomic mass is 9.94. The maximum Gasteiger partial charge on any atom is 0.253 e. The molecule has 2 aromatic rings. The molecule has 0 spiro atoms. The number of aromatic amines is 1. The zero-order valence-electron chi connectivity index (χ0n) is 14.2. The summed E-state index contributed by atoms with van der Waals surface area (Å²) in [4.78, 5) is 16.7. The first-order valence-electron chi connectivity index (χ1n) is 9.05. The summed E-state index contributed by atoms with van der Waals surface area (Å²) in [6.07, 6.45) is 5.92. The van der Waals surface area contributed by atoms with Crippen LogP contribution in [0.2, 0.25) is 0 Å². The third kappa shape index (κ3) is 3.25. The number of anilines is 1. The van der Waals surface area contributed by atoms with Crippen LogP contribution in [0.1, 0.15) is 47.7 Å². The smallest absolute Gasteiger partial charge is 0.253 e. The average Bonchev–Trinajstić information content (AvgIpc) is 3.35. The van der Waals surface area contributed by atoms with Gasteiger partial charge in [-0.3, -0.25) is 9.89 Å². The minimum absolute atomic E-state index is 0.0870. The number of benzene rings is 1. The van der Waals surface area contributed by atoms with Gasteiger partial charge in [0.2, 0.25) is 0 Å². The van der Waals surface area contributed by atoms with Crippen molar-refractivity contribution in [2.24, 2.45) is 0 Å². The van der Waals surface area contributed by atoms with Gasteiger partial charge in [-0.05, 0) is 49.9 Å². The molecule has 2 aliphatic rings. The van der Waals surface area contributed by atoms with E-state index >= 15 is 0 Å². The summed E-state index contributed by atoms with van der Waals surface area (Å²) in [6.45, 7) is 3.15. The Labute approximate surface area is 146 Å². The van der Waals surface area contributed by atoms with Crippen molar-refractivity contribution in [3.05, 3.63) is 47.5 Å². The van der Waals surface area contributed by atoms with Crippen molar-refractivity contribution in [2.75, 3.05) is 31.1 Å². The van der Waals surface area contributed by atoms with Crippen LogP contribution in [0.25, 0.3) is 0 Å². The lowest BCUT2D eigenvalue weighted by Crippen LogP contribution is -2.39. The second kappa shape index (κ2) is 6.86. The molecule has 2 aliphatic heterocycles. The van der Waals surface area contributed by atoms with E-state index in [9.17, 15) is 9.18 Å². The number of nitrogens with zero attached hydrogens (tertiary/aromatic N) is 3. The van der Waals surface area contributed by atoms with E-state index in [0.29, 0.717) is 17.8 Å². The Morgan fingerprint density at radius 1 is 1.16 bits per heavy atom. The van der Waals surface area contributed by atoms with Gasteiger partial charge in [0.15, 0.2) is 0 Å². The molecule has 5 nitrogen and oxygen atoms in total. The molecule has 132 valence electrons. The van der Waals surface area contributed by atoms with Crippen LogP contribution < -0.4 is 4.90 Å². The standard InChI is InChI=1S/C19H23FN4O/c20-16-12-14(5-6-18(16)23-9-1-2-10-23)19(25)24-11-3-4-15(13-24)17-7-8-21-22-17/h5-8,12,15H,1-4,9-11,13H2,(H,21,22)/t15-/m0/s1. The van der Waals surface area contributed by atoms with Gasteiger partial charge < -0.3 is 9.80 Å². The van der Waals surface area contributed by atoms with E-state index in [2.05, 4.69) is 15.1 Å². The van der Waals surface area contributed by atoms with Gasteiger partial charge in [0, 0.05) is 49.6 Å². The van der Waals surface area contributed by atoms with Gasteiger partial charge in [0.05, 0.1) is 5.69 Å². The number of piperidine rings is 1. The first-order chi connectivity index (χ1) is 12.2. The number of amides is 1. The monoisotopic (exact) mass is 342 g/mol. The van der Waals surface area contributed by atoms with E-state index in [1.807, 2.05) is 11.0 Å². The van der Waals surface area contributed by atoms with Gasteiger partial charge in [0.1, 0.15) is 5.82 Å². The maximum atomic E-state index is 14.5. The predicted molar refractivity (Wildman–Crippen MR) is 94.3 cm³/mol. The molecule has 2 saturated heterocycles. The number of carbonyl (C=O) groups excluding carboxylic acids is 1. The summed E-state index contributed by atoms with van der Waals surface area (Å²) in [5, 5.41) is 7.00. The van der Waals surface area contributed by atoms with Crippen LogP contribution in [0.15, 0.2) is 30.5 Å². The van der Waals surface area contributed by atoms with Crippen LogP contribution in [-0.4, -0.2) is 47.2 Å². The molecule has 2 fully saturated rings. The van der Waals surface area contributed by atoms with Crippen molar-refractivity contribution >= 4 is 11.6 Å². The summed E-state index contributed by atoms with van der Waals surface area (Å²) in [5.41, 5.74) is 2.11. The predicted octanol–water partition coefficient (Wildman–Crippen LogP) is 3.17. The number of hydrogen-bond acceptors (Lipinski definition) is 3. The number of halogens is 1. The fourth-order valence-corrected chi connectivity index (χ4v) is 3.95. The minimum Gasteiger partial charge on any atom is -0.369 e.